The molecule has 1 rings (SSSR count). The average molecular weight is 239 g/mol. The van der Waals surface area contributed by atoms with E-state index in [9.17, 15) is 0 Å². The van der Waals surface area contributed by atoms with Gasteiger partial charge in [-0.15, -0.1) is 0 Å². The van der Waals surface area contributed by atoms with Gasteiger partial charge in [-0.2, -0.15) is 0 Å². The van der Waals surface area contributed by atoms with Gasteiger partial charge in [0.15, 0.2) is 0 Å². The van der Waals surface area contributed by atoms with E-state index in [1.54, 1.807) is 11.8 Å². The normalized spacial score (nSPS) is 9.93. The van der Waals surface area contributed by atoms with E-state index in [0.717, 1.165) is 15.8 Å². The molecular formula is C12H17NS2. The fourth-order valence-corrected chi connectivity index (χ4v) is 2.28. The summed E-state index contributed by atoms with van der Waals surface area (Å²) < 4.78 is 0.873. The largest absolute Gasteiger partial charge is 0.341 e. The van der Waals surface area contributed by atoms with Crippen molar-refractivity contribution in [3.05, 3.63) is 30.3 Å². The van der Waals surface area contributed by atoms with E-state index in [1.807, 2.05) is 30.3 Å². The lowest BCUT2D eigenvalue weighted by molar-refractivity contribution is 0.779. The first-order valence-corrected chi connectivity index (χ1v) is 6.71. The van der Waals surface area contributed by atoms with Crippen LogP contribution in [-0.4, -0.2) is 10.1 Å². The monoisotopic (exact) mass is 239 g/mol. The van der Waals surface area contributed by atoms with Gasteiger partial charge in [0.1, 0.15) is 4.32 Å². The first-order chi connectivity index (χ1) is 7.33. The molecule has 0 atom stereocenters. The van der Waals surface area contributed by atoms with Gasteiger partial charge in [-0.3, -0.25) is 0 Å². The van der Waals surface area contributed by atoms with Gasteiger partial charge >= 0.3 is 0 Å². The fourth-order valence-electron chi connectivity index (χ4n) is 1.19. The second kappa shape index (κ2) is 7.71. The van der Waals surface area contributed by atoms with Crippen LogP contribution in [0.15, 0.2) is 30.3 Å². The van der Waals surface area contributed by atoms with Gasteiger partial charge < -0.3 is 5.32 Å². The minimum Gasteiger partial charge on any atom is -0.341 e. The summed E-state index contributed by atoms with van der Waals surface area (Å²) in [5.41, 5.74) is 1.07. The van der Waals surface area contributed by atoms with Gasteiger partial charge in [-0.25, -0.2) is 0 Å². The maximum Gasteiger partial charge on any atom is 0.138 e. The SMILES string of the molecule is CCCCCSC(=S)Nc1ccccc1. The van der Waals surface area contributed by atoms with Crippen LogP contribution in [0.25, 0.3) is 0 Å². The van der Waals surface area contributed by atoms with Crippen molar-refractivity contribution < 1.29 is 0 Å². The Kier molecular flexibility index (Phi) is 6.44. The molecule has 1 nitrogen and oxygen atoms in total. The van der Waals surface area contributed by atoms with Crippen LogP contribution in [0.4, 0.5) is 5.69 Å². The summed E-state index contributed by atoms with van der Waals surface area (Å²) in [6, 6.07) is 10.1. The molecule has 0 saturated heterocycles. The van der Waals surface area contributed by atoms with E-state index in [2.05, 4.69) is 12.2 Å². The zero-order chi connectivity index (χ0) is 10.9. The van der Waals surface area contributed by atoms with Gasteiger partial charge in [-0.05, 0) is 18.6 Å². The van der Waals surface area contributed by atoms with Crippen LogP contribution in [-0.2, 0) is 0 Å². The standard InChI is InChI=1S/C12H17NS2/c1-2-3-7-10-15-12(14)13-11-8-5-4-6-9-11/h4-6,8-9H,2-3,7,10H2,1H3,(H,13,14). The molecule has 1 aromatic rings. The van der Waals surface area contributed by atoms with Crippen LogP contribution in [0.5, 0.6) is 0 Å². The van der Waals surface area contributed by atoms with Crippen molar-refractivity contribution in [3.8, 4) is 0 Å². The predicted molar refractivity (Wildman–Crippen MR) is 74.6 cm³/mol. The number of nitrogens with one attached hydrogen (secondary N) is 1. The van der Waals surface area contributed by atoms with Gasteiger partial charge in [0.2, 0.25) is 0 Å². The van der Waals surface area contributed by atoms with Gasteiger partial charge in [-0.1, -0.05) is 61.9 Å². The molecule has 0 aromatic heterocycles. The molecule has 0 aliphatic carbocycles. The Labute approximate surface area is 102 Å². The number of benzene rings is 1. The fraction of sp³-hybridized carbons (Fsp3) is 0.417. The lowest BCUT2D eigenvalue weighted by Gasteiger charge is -2.06. The Morgan fingerprint density at radius 3 is 2.67 bits per heavy atom. The van der Waals surface area contributed by atoms with Gasteiger partial charge in [0.25, 0.3) is 0 Å². The molecule has 0 saturated carbocycles. The number of hydrogen-bond acceptors (Lipinski definition) is 2. The first kappa shape index (κ1) is 12.5. The van der Waals surface area contributed by atoms with Crippen LogP contribution in [0.2, 0.25) is 0 Å². The molecule has 0 heterocycles. The van der Waals surface area contributed by atoms with Crippen molar-refractivity contribution in [2.24, 2.45) is 0 Å². The maximum atomic E-state index is 5.24. The minimum atomic E-state index is 0.873. The molecule has 0 amide bonds. The summed E-state index contributed by atoms with van der Waals surface area (Å²) >= 11 is 6.97. The van der Waals surface area contributed by atoms with Crippen LogP contribution in [0.3, 0.4) is 0 Å². The van der Waals surface area contributed by atoms with Crippen molar-refractivity contribution >= 4 is 34.0 Å². The third-order valence-corrected chi connectivity index (χ3v) is 3.31. The number of thioether (sulfide) groups is 1. The van der Waals surface area contributed by atoms with E-state index in [-0.39, 0.29) is 0 Å². The Hall–Kier alpha value is -0.540. The molecule has 1 N–H and O–H groups in total. The minimum absolute atomic E-state index is 0.873. The highest BCUT2D eigenvalue weighted by atomic mass is 32.2. The van der Waals surface area contributed by atoms with Crippen molar-refractivity contribution in [3.63, 3.8) is 0 Å². The smallest absolute Gasteiger partial charge is 0.138 e. The van der Waals surface area contributed by atoms with E-state index < -0.39 is 0 Å². The summed E-state index contributed by atoms with van der Waals surface area (Å²) in [6.45, 7) is 2.21. The summed E-state index contributed by atoms with van der Waals surface area (Å²) in [5.74, 6) is 1.12. The van der Waals surface area contributed by atoms with E-state index in [1.165, 1.54) is 19.3 Å². The Morgan fingerprint density at radius 2 is 2.00 bits per heavy atom. The molecular weight excluding hydrogens is 222 g/mol. The van der Waals surface area contributed by atoms with Crippen LogP contribution < -0.4 is 5.32 Å². The molecule has 0 bridgehead atoms. The zero-order valence-electron chi connectivity index (χ0n) is 9.03. The lowest BCUT2D eigenvalue weighted by atomic mass is 10.3. The third kappa shape index (κ3) is 5.80. The molecule has 0 unspecified atom stereocenters. The van der Waals surface area contributed by atoms with Crippen molar-refractivity contribution in [2.45, 2.75) is 26.2 Å². The Morgan fingerprint density at radius 1 is 1.27 bits per heavy atom. The van der Waals surface area contributed by atoms with Crippen LogP contribution in [0.1, 0.15) is 26.2 Å². The number of unbranched alkanes of at least 4 members (excludes halogenated alkanes) is 2. The molecule has 0 fully saturated rings. The highest BCUT2D eigenvalue weighted by Crippen LogP contribution is 2.13. The lowest BCUT2D eigenvalue weighted by Crippen LogP contribution is -2.04. The topological polar surface area (TPSA) is 12.0 Å². The first-order valence-electron chi connectivity index (χ1n) is 5.31. The second-order valence-electron chi connectivity index (χ2n) is 3.33. The van der Waals surface area contributed by atoms with Crippen molar-refractivity contribution in [1.29, 1.82) is 0 Å². The molecule has 0 aliphatic heterocycles. The highest BCUT2D eigenvalue weighted by molar-refractivity contribution is 8.23. The molecule has 0 aliphatic rings. The van der Waals surface area contributed by atoms with Gasteiger partial charge in [0.05, 0.1) is 0 Å². The molecule has 0 radical (unpaired) electrons. The third-order valence-electron chi connectivity index (χ3n) is 2.00. The molecule has 82 valence electrons. The summed E-state index contributed by atoms with van der Waals surface area (Å²) in [6.07, 6.45) is 3.80. The Bertz CT molecular complexity index is 285. The Balaban J connectivity index is 2.19. The molecule has 3 heteroatoms. The zero-order valence-corrected chi connectivity index (χ0v) is 10.7. The highest BCUT2D eigenvalue weighted by Gasteiger charge is 1.97. The number of hydrogen-bond donors (Lipinski definition) is 1. The van der Waals surface area contributed by atoms with Crippen molar-refractivity contribution in [2.75, 3.05) is 11.1 Å². The van der Waals surface area contributed by atoms with Crippen LogP contribution in [0, 0.1) is 0 Å². The number of rotatable bonds is 5. The maximum absolute atomic E-state index is 5.24. The van der Waals surface area contributed by atoms with Gasteiger partial charge in [0, 0.05) is 11.4 Å². The average Bonchev–Trinajstić information content (AvgIpc) is 2.26. The van der Waals surface area contributed by atoms with E-state index in [0.29, 0.717) is 0 Å². The summed E-state index contributed by atoms with van der Waals surface area (Å²) in [5, 5.41) is 3.21. The van der Waals surface area contributed by atoms with Crippen molar-refractivity contribution in [1.82, 2.24) is 0 Å². The number of para-hydroxylation sites is 1. The number of anilines is 1. The summed E-state index contributed by atoms with van der Waals surface area (Å²) in [7, 11) is 0. The van der Waals surface area contributed by atoms with Crippen LogP contribution >= 0.6 is 24.0 Å². The van der Waals surface area contributed by atoms with E-state index in [4.69, 9.17) is 12.2 Å². The quantitative estimate of drug-likeness (QED) is 0.607. The number of thiocarbonyl (C=S) groups is 1. The summed E-state index contributed by atoms with van der Waals surface area (Å²) in [4.78, 5) is 0. The second-order valence-corrected chi connectivity index (χ2v) is 5.11. The molecule has 1 aromatic carbocycles. The van der Waals surface area contributed by atoms with E-state index >= 15 is 0 Å². The molecule has 0 spiro atoms. The predicted octanol–water partition coefficient (Wildman–Crippen LogP) is 4.31. The molecule has 15 heavy (non-hydrogen) atoms.